The van der Waals surface area contributed by atoms with Gasteiger partial charge in [-0.2, -0.15) is 0 Å². The van der Waals surface area contributed by atoms with Crippen LogP contribution in [0.2, 0.25) is 0 Å². The van der Waals surface area contributed by atoms with Gasteiger partial charge < -0.3 is 0 Å². The summed E-state index contributed by atoms with van der Waals surface area (Å²) in [4.78, 5) is 0. The summed E-state index contributed by atoms with van der Waals surface area (Å²) in [6.07, 6.45) is 4.04. The van der Waals surface area contributed by atoms with Gasteiger partial charge in [-0.05, 0) is 21.6 Å². The molecule has 0 saturated carbocycles. The van der Waals surface area contributed by atoms with Gasteiger partial charge in [-0.3, -0.25) is 0 Å². The fraction of sp³-hybridized carbons (Fsp3) is 0.429. The number of nitrogens with zero attached hydrogens (tertiary/aromatic N) is 1. The van der Waals surface area contributed by atoms with Gasteiger partial charge in [0, 0.05) is 27.2 Å². The molecule has 0 aromatic heterocycles. The van der Waals surface area contributed by atoms with Crippen molar-refractivity contribution in [2.45, 2.75) is 13.8 Å². The average Bonchev–Trinajstić information content (AvgIpc) is 1.90. The van der Waals surface area contributed by atoms with Gasteiger partial charge in [0.2, 0.25) is 0 Å². The quantitative estimate of drug-likeness (QED) is 0.619. The molecule has 0 N–H and O–H groups in total. The highest BCUT2D eigenvalue weighted by Gasteiger charge is 1.98. The van der Waals surface area contributed by atoms with Crippen LogP contribution in [-0.4, -0.2) is 0 Å². The highest BCUT2D eigenvalue weighted by Crippen LogP contribution is 2.20. The number of hydrogen-bond donors (Lipinski definition) is 0. The van der Waals surface area contributed by atoms with Crippen LogP contribution >= 0.6 is 21.0 Å². The zero-order valence-corrected chi connectivity index (χ0v) is 7.79. The SMILES string of the molecule is CC(C)C1=CI=NC=C1. The lowest BCUT2D eigenvalue weighted by Gasteiger charge is -2.04. The van der Waals surface area contributed by atoms with E-state index in [4.69, 9.17) is 0 Å². The average molecular weight is 235 g/mol. The molecule has 0 radical (unpaired) electrons. The molecule has 0 fully saturated rings. The lowest BCUT2D eigenvalue weighted by atomic mass is 10.1. The molecule has 0 spiro atoms. The minimum absolute atomic E-state index is 0.0171. The second-order valence-electron chi connectivity index (χ2n) is 2.27. The van der Waals surface area contributed by atoms with Crippen LogP contribution in [0.4, 0.5) is 0 Å². The molecule has 0 aromatic carbocycles. The molecule has 1 nitrogen and oxygen atoms in total. The van der Waals surface area contributed by atoms with E-state index in [9.17, 15) is 0 Å². The maximum atomic E-state index is 4.16. The Bertz CT molecular complexity index is 177. The minimum Gasteiger partial charge on any atom is -0.230 e. The molecule has 1 rings (SSSR count). The maximum Gasteiger partial charge on any atom is 0.0332 e. The highest BCUT2D eigenvalue weighted by molar-refractivity contribution is 14.2. The second-order valence-corrected chi connectivity index (χ2v) is 4.01. The monoisotopic (exact) mass is 235 g/mol. The number of allylic oxidation sites excluding steroid dienone is 2. The van der Waals surface area contributed by atoms with Gasteiger partial charge in [-0.1, -0.05) is 13.8 Å². The van der Waals surface area contributed by atoms with E-state index < -0.39 is 0 Å². The van der Waals surface area contributed by atoms with E-state index in [1.54, 1.807) is 0 Å². The fourth-order valence-corrected chi connectivity index (χ4v) is 2.34. The predicted octanol–water partition coefficient (Wildman–Crippen LogP) is 3.21. The van der Waals surface area contributed by atoms with Crippen LogP contribution in [0, 0.1) is 5.92 Å². The zero-order valence-electron chi connectivity index (χ0n) is 5.63. The van der Waals surface area contributed by atoms with Crippen molar-refractivity contribution in [3.8, 4) is 0 Å². The van der Waals surface area contributed by atoms with Gasteiger partial charge >= 0.3 is 0 Å². The van der Waals surface area contributed by atoms with Gasteiger partial charge in [0.25, 0.3) is 0 Å². The second kappa shape index (κ2) is 3.25. The van der Waals surface area contributed by atoms with Gasteiger partial charge in [0.15, 0.2) is 0 Å². The summed E-state index contributed by atoms with van der Waals surface area (Å²) in [5.41, 5.74) is 1.46. The first kappa shape index (κ1) is 7.12. The first-order chi connectivity index (χ1) is 4.30. The third-order valence-electron chi connectivity index (χ3n) is 1.22. The van der Waals surface area contributed by atoms with Crippen molar-refractivity contribution in [2.75, 3.05) is 0 Å². The van der Waals surface area contributed by atoms with Gasteiger partial charge in [-0.15, -0.1) is 0 Å². The molecule has 0 aliphatic carbocycles. The van der Waals surface area contributed by atoms with Crippen LogP contribution in [0.25, 0.3) is 0 Å². The summed E-state index contributed by atoms with van der Waals surface area (Å²) in [5, 5.41) is 0. The zero-order chi connectivity index (χ0) is 6.69. The minimum atomic E-state index is 0.0171. The Morgan fingerprint density at radius 2 is 2.33 bits per heavy atom. The van der Waals surface area contributed by atoms with E-state index in [0.29, 0.717) is 5.92 Å². The molecule has 1 heterocycles. The molecule has 0 bridgehead atoms. The Labute approximate surface area is 66.0 Å². The molecule has 0 atom stereocenters. The molecular formula is C7H10IN. The van der Waals surface area contributed by atoms with Crippen LogP contribution in [0.15, 0.2) is 25.1 Å². The number of halogens is 1. The summed E-state index contributed by atoms with van der Waals surface area (Å²) < 4.78 is 6.44. The van der Waals surface area contributed by atoms with Gasteiger partial charge in [0.1, 0.15) is 0 Å². The van der Waals surface area contributed by atoms with E-state index in [2.05, 4.69) is 27.2 Å². The Morgan fingerprint density at radius 1 is 1.56 bits per heavy atom. The van der Waals surface area contributed by atoms with Crippen molar-refractivity contribution in [1.82, 2.24) is 0 Å². The molecule has 1 aliphatic heterocycles. The van der Waals surface area contributed by atoms with Crippen molar-refractivity contribution < 1.29 is 0 Å². The molecule has 0 saturated heterocycles. The van der Waals surface area contributed by atoms with Crippen LogP contribution in [0.5, 0.6) is 0 Å². The normalized spacial score (nSPS) is 17.4. The summed E-state index contributed by atoms with van der Waals surface area (Å²) in [5.74, 6) is 0.677. The maximum absolute atomic E-state index is 4.16. The van der Waals surface area contributed by atoms with E-state index in [0.717, 1.165) is 0 Å². The Hall–Kier alpha value is 0.01000. The molecule has 50 valence electrons. The fourth-order valence-electron chi connectivity index (χ4n) is 0.586. The van der Waals surface area contributed by atoms with Crippen molar-refractivity contribution in [1.29, 1.82) is 0 Å². The molecule has 0 amide bonds. The van der Waals surface area contributed by atoms with Crippen LogP contribution < -0.4 is 0 Å². The summed E-state index contributed by atoms with van der Waals surface area (Å²) in [7, 11) is 0. The molecule has 9 heavy (non-hydrogen) atoms. The molecule has 2 heteroatoms. The standard InChI is InChI=1S/C7H10IN/c1-6(2)7-3-4-9-8-5-7/h3-6H,1-2H3. The predicted molar refractivity (Wildman–Crippen MR) is 48.5 cm³/mol. The largest absolute Gasteiger partial charge is 0.230 e. The van der Waals surface area contributed by atoms with Crippen molar-refractivity contribution >= 4 is 21.0 Å². The Morgan fingerprint density at radius 3 is 2.67 bits per heavy atom. The lowest BCUT2D eigenvalue weighted by molar-refractivity contribution is 0.794. The summed E-state index contributed by atoms with van der Waals surface area (Å²) in [6.45, 7) is 4.43. The van der Waals surface area contributed by atoms with Gasteiger partial charge in [0.05, 0.1) is 0 Å². The van der Waals surface area contributed by atoms with Gasteiger partial charge in [-0.25, -0.2) is 3.15 Å². The van der Waals surface area contributed by atoms with Crippen LogP contribution in [0.1, 0.15) is 13.8 Å². The molecular weight excluding hydrogens is 225 g/mol. The molecule has 0 unspecified atom stereocenters. The molecule has 0 aromatic rings. The lowest BCUT2D eigenvalue weighted by Crippen LogP contribution is -1.88. The Balaban J connectivity index is 2.72. The van der Waals surface area contributed by atoms with Crippen molar-refractivity contribution in [3.63, 3.8) is 0 Å². The third-order valence-corrected chi connectivity index (χ3v) is 2.86. The molecule has 1 aliphatic rings. The third kappa shape index (κ3) is 2.01. The first-order valence-corrected chi connectivity index (χ1v) is 5.21. The van der Waals surface area contributed by atoms with E-state index in [1.807, 2.05) is 6.20 Å². The summed E-state index contributed by atoms with van der Waals surface area (Å²) in [6, 6.07) is 0. The smallest absolute Gasteiger partial charge is 0.0332 e. The topological polar surface area (TPSA) is 12.4 Å². The van der Waals surface area contributed by atoms with Crippen molar-refractivity contribution in [2.24, 2.45) is 9.06 Å². The van der Waals surface area contributed by atoms with E-state index >= 15 is 0 Å². The number of hydrogen-bond acceptors (Lipinski definition) is 1. The van der Waals surface area contributed by atoms with Crippen LogP contribution in [0.3, 0.4) is 0 Å². The van der Waals surface area contributed by atoms with E-state index in [1.165, 1.54) is 5.57 Å². The Kier molecular flexibility index (Phi) is 2.57. The van der Waals surface area contributed by atoms with Crippen molar-refractivity contribution in [3.05, 3.63) is 21.9 Å². The number of rotatable bonds is 1. The van der Waals surface area contributed by atoms with E-state index in [-0.39, 0.29) is 21.0 Å². The first-order valence-electron chi connectivity index (χ1n) is 3.00. The highest BCUT2D eigenvalue weighted by atomic mass is 127. The summed E-state index contributed by atoms with van der Waals surface area (Å²) >= 11 is 0.0171. The van der Waals surface area contributed by atoms with Crippen LogP contribution in [-0.2, 0) is 0 Å².